The maximum Gasteiger partial charge on any atom is 0.138 e. The van der Waals surface area contributed by atoms with Crippen molar-refractivity contribution in [3.63, 3.8) is 0 Å². The highest BCUT2D eigenvalue weighted by molar-refractivity contribution is 5.46. The fourth-order valence-corrected chi connectivity index (χ4v) is 2.27. The molecule has 0 aliphatic heterocycles. The van der Waals surface area contributed by atoms with Gasteiger partial charge in [0.15, 0.2) is 0 Å². The molecule has 0 spiro atoms. The van der Waals surface area contributed by atoms with Gasteiger partial charge in [0.2, 0.25) is 0 Å². The molecule has 0 radical (unpaired) electrons. The number of rotatable bonds is 6. The predicted octanol–water partition coefficient (Wildman–Crippen LogP) is 2.74. The van der Waals surface area contributed by atoms with E-state index in [0.29, 0.717) is 17.8 Å². The van der Waals surface area contributed by atoms with Crippen LogP contribution in [0.25, 0.3) is 0 Å². The molecule has 21 heavy (non-hydrogen) atoms. The number of aromatic nitrogens is 2. The number of nitrogens with zero attached hydrogens (tertiary/aromatic N) is 3. The highest BCUT2D eigenvalue weighted by Crippen LogP contribution is 2.22. The summed E-state index contributed by atoms with van der Waals surface area (Å²) in [7, 11) is 4.17. The lowest BCUT2D eigenvalue weighted by Crippen LogP contribution is -2.34. The number of nitrogen functional groups attached to an aromatic ring is 1. The molecule has 1 aromatic heterocycles. The fourth-order valence-electron chi connectivity index (χ4n) is 2.27. The van der Waals surface area contributed by atoms with Gasteiger partial charge >= 0.3 is 0 Å². The van der Waals surface area contributed by atoms with Crippen molar-refractivity contribution in [2.75, 3.05) is 31.7 Å². The van der Waals surface area contributed by atoms with Gasteiger partial charge in [-0.05, 0) is 26.4 Å². The van der Waals surface area contributed by atoms with Gasteiger partial charge in [-0.2, -0.15) is 0 Å². The molecule has 0 fully saturated rings. The smallest absolute Gasteiger partial charge is 0.138 e. The largest absolute Gasteiger partial charge is 0.384 e. The van der Waals surface area contributed by atoms with Crippen molar-refractivity contribution in [2.24, 2.45) is 5.92 Å². The first-order valence-electron chi connectivity index (χ1n) is 7.64. The standard InChI is InChI=1S/C16H31N5/c1-11(2)8-12(10-21(6)7)18-14-9-13(17)19-15(20-14)16(3,4)5/h9,11-12H,8,10H2,1-7H3,(H3,17,18,19,20). The van der Waals surface area contributed by atoms with Crippen LogP contribution in [0.3, 0.4) is 0 Å². The molecule has 1 atom stereocenters. The molecule has 1 unspecified atom stereocenters. The number of nitrogens with one attached hydrogen (secondary N) is 1. The van der Waals surface area contributed by atoms with Crippen molar-refractivity contribution in [3.05, 3.63) is 11.9 Å². The molecule has 3 N–H and O–H groups in total. The van der Waals surface area contributed by atoms with Crippen LogP contribution in [0.15, 0.2) is 6.07 Å². The van der Waals surface area contributed by atoms with Crippen molar-refractivity contribution in [1.82, 2.24) is 14.9 Å². The van der Waals surface area contributed by atoms with Crippen LogP contribution in [-0.2, 0) is 5.41 Å². The number of hydrogen-bond donors (Lipinski definition) is 2. The van der Waals surface area contributed by atoms with Crippen LogP contribution in [-0.4, -0.2) is 41.5 Å². The third kappa shape index (κ3) is 6.29. The van der Waals surface area contributed by atoms with E-state index in [2.05, 4.69) is 68.9 Å². The first-order valence-corrected chi connectivity index (χ1v) is 7.64. The molecule has 0 saturated carbocycles. The Bertz CT molecular complexity index is 438. The highest BCUT2D eigenvalue weighted by atomic mass is 15.1. The molecule has 0 aliphatic carbocycles. The van der Waals surface area contributed by atoms with E-state index in [0.717, 1.165) is 24.6 Å². The quantitative estimate of drug-likeness (QED) is 0.844. The van der Waals surface area contributed by atoms with Gasteiger partial charge < -0.3 is 16.0 Å². The molecular formula is C16H31N5. The summed E-state index contributed by atoms with van der Waals surface area (Å²) in [6.07, 6.45) is 1.09. The normalized spacial score (nSPS) is 13.8. The molecule has 0 saturated heterocycles. The Morgan fingerprint density at radius 3 is 2.33 bits per heavy atom. The van der Waals surface area contributed by atoms with Crippen LogP contribution in [0.2, 0.25) is 0 Å². The van der Waals surface area contributed by atoms with Crippen LogP contribution in [0, 0.1) is 5.92 Å². The van der Waals surface area contributed by atoms with E-state index in [-0.39, 0.29) is 5.41 Å². The molecule has 0 aliphatic rings. The van der Waals surface area contributed by atoms with Crippen molar-refractivity contribution >= 4 is 11.6 Å². The van der Waals surface area contributed by atoms with Gasteiger partial charge in [-0.25, -0.2) is 9.97 Å². The van der Waals surface area contributed by atoms with Gasteiger partial charge in [0.05, 0.1) is 0 Å². The van der Waals surface area contributed by atoms with E-state index < -0.39 is 0 Å². The topological polar surface area (TPSA) is 67.1 Å². The second kappa shape index (κ2) is 7.07. The molecule has 1 aromatic rings. The number of anilines is 2. The average Bonchev–Trinajstić information content (AvgIpc) is 2.24. The van der Waals surface area contributed by atoms with Crippen molar-refractivity contribution < 1.29 is 0 Å². The minimum absolute atomic E-state index is 0.110. The Hall–Kier alpha value is -1.36. The van der Waals surface area contributed by atoms with Crippen LogP contribution >= 0.6 is 0 Å². The Balaban J connectivity index is 2.95. The molecule has 120 valence electrons. The lowest BCUT2D eigenvalue weighted by Gasteiger charge is -2.25. The van der Waals surface area contributed by atoms with Gasteiger partial charge in [-0.15, -0.1) is 0 Å². The third-order valence-electron chi connectivity index (χ3n) is 3.11. The second-order valence-corrected chi connectivity index (χ2v) is 7.48. The highest BCUT2D eigenvalue weighted by Gasteiger charge is 2.20. The summed E-state index contributed by atoms with van der Waals surface area (Å²) >= 11 is 0. The summed E-state index contributed by atoms with van der Waals surface area (Å²) in [6.45, 7) is 11.7. The summed E-state index contributed by atoms with van der Waals surface area (Å²) < 4.78 is 0. The van der Waals surface area contributed by atoms with Gasteiger partial charge in [0, 0.05) is 24.1 Å². The molecule has 0 aromatic carbocycles. The van der Waals surface area contributed by atoms with E-state index in [9.17, 15) is 0 Å². The number of likely N-dealkylation sites (N-methyl/N-ethyl adjacent to an activating group) is 1. The molecule has 1 rings (SSSR count). The zero-order chi connectivity index (χ0) is 16.2. The maximum atomic E-state index is 5.93. The van der Waals surface area contributed by atoms with E-state index in [1.807, 2.05) is 6.07 Å². The fraction of sp³-hybridized carbons (Fsp3) is 0.750. The van der Waals surface area contributed by atoms with Crippen molar-refractivity contribution in [1.29, 1.82) is 0 Å². The zero-order valence-corrected chi connectivity index (χ0v) is 14.6. The predicted molar refractivity (Wildman–Crippen MR) is 90.6 cm³/mol. The minimum Gasteiger partial charge on any atom is -0.384 e. The lowest BCUT2D eigenvalue weighted by atomic mass is 9.96. The Morgan fingerprint density at radius 2 is 1.86 bits per heavy atom. The van der Waals surface area contributed by atoms with Gasteiger partial charge in [-0.1, -0.05) is 34.6 Å². The average molecular weight is 293 g/mol. The van der Waals surface area contributed by atoms with Crippen LogP contribution < -0.4 is 11.1 Å². The monoisotopic (exact) mass is 293 g/mol. The number of hydrogen-bond acceptors (Lipinski definition) is 5. The summed E-state index contributed by atoms with van der Waals surface area (Å²) in [5.74, 6) is 2.74. The SMILES string of the molecule is CC(C)CC(CN(C)C)Nc1cc(N)nc(C(C)(C)C)n1. The third-order valence-corrected chi connectivity index (χ3v) is 3.11. The van der Waals surface area contributed by atoms with E-state index in [1.165, 1.54) is 0 Å². The summed E-state index contributed by atoms with van der Waals surface area (Å²) in [6, 6.07) is 2.17. The molecule has 5 nitrogen and oxygen atoms in total. The van der Waals surface area contributed by atoms with E-state index >= 15 is 0 Å². The van der Waals surface area contributed by atoms with Crippen LogP contribution in [0.5, 0.6) is 0 Å². The maximum absolute atomic E-state index is 5.93. The molecule has 5 heteroatoms. The first-order chi connectivity index (χ1) is 9.57. The first kappa shape index (κ1) is 17.7. The lowest BCUT2D eigenvalue weighted by molar-refractivity contribution is 0.356. The van der Waals surface area contributed by atoms with Gasteiger partial charge in [0.1, 0.15) is 17.5 Å². The Morgan fingerprint density at radius 1 is 1.24 bits per heavy atom. The molecular weight excluding hydrogens is 262 g/mol. The van der Waals surface area contributed by atoms with Crippen molar-refractivity contribution in [3.8, 4) is 0 Å². The van der Waals surface area contributed by atoms with Crippen LogP contribution in [0.1, 0.15) is 46.9 Å². The summed E-state index contributed by atoms with van der Waals surface area (Å²) in [5, 5.41) is 3.52. The van der Waals surface area contributed by atoms with Crippen LogP contribution in [0.4, 0.5) is 11.6 Å². The second-order valence-electron chi connectivity index (χ2n) is 7.48. The van der Waals surface area contributed by atoms with Gasteiger partial charge in [0.25, 0.3) is 0 Å². The minimum atomic E-state index is -0.110. The Kier molecular flexibility index (Phi) is 5.96. The van der Waals surface area contributed by atoms with E-state index in [4.69, 9.17) is 5.73 Å². The summed E-state index contributed by atoms with van der Waals surface area (Å²) in [5.41, 5.74) is 5.82. The van der Waals surface area contributed by atoms with E-state index in [1.54, 1.807) is 0 Å². The van der Waals surface area contributed by atoms with Gasteiger partial charge in [-0.3, -0.25) is 0 Å². The number of nitrogens with two attached hydrogens (primary N) is 1. The van der Waals surface area contributed by atoms with Crippen molar-refractivity contribution in [2.45, 2.75) is 52.5 Å². The molecule has 0 bridgehead atoms. The Labute approximate surface area is 129 Å². The summed E-state index contributed by atoms with van der Waals surface area (Å²) in [4.78, 5) is 11.2. The molecule has 0 amide bonds. The molecule has 1 heterocycles. The zero-order valence-electron chi connectivity index (χ0n) is 14.6.